The number of imidazole rings is 1. The zero-order chi connectivity index (χ0) is 21.7. The molecule has 0 atom stereocenters. The van der Waals surface area contributed by atoms with Crippen LogP contribution in [0.2, 0.25) is 0 Å². The van der Waals surface area contributed by atoms with Gasteiger partial charge in [0.25, 0.3) is 5.56 Å². The lowest BCUT2D eigenvalue weighted by Gasteiger charge is -2.00. The van der Waals surface area contributed by atoms with Crippen LogP contribution in [0.1, 0.15) is 5.56 Å². The Morgan fingerprint density at radius 2 is 1.69 bits per heavy atom. The largest absolute Gasteiger partial charge is 0.454 e. The molecule has 0 aliphatic carbocycles. The number of para-hydroxylation sites is 1. The minimum Gasteiger partial charge on any atom is -0.454 e. The van der Waals surface area contributed by atoms with Crippen molar-refractivity contribution in [3.05, 3.63) is 98.5 Å². The normalized spacial score (nSPS) is 13.2. The van der Waals surface area contributed by atoms with Crippen LogP contribution in [0.3, 0.4) is 0 Å². The fourth-order valence-corrected chi connectivity index (χ4v) is 4.09. The summed E-state index contributed by atoms with van der Waals surface area (Å²) in [6.45, 7) is 0.194. The molecule has 156 valence electrons. The number of halogens is 1. The third kappa shape index (κ3) is 2.99. The Morgan fingerprint density at radius 1 is 0.906 bits per heavy atom. The zero-order valence-electron chi connectivity index (χ0n) is 16.6. The van der Waals surface area contributed by atoms with Gasteiger partial charge < -0.3 is 9.47 Å². The summed E-state index contributed by atoms with van der Waals surface area (Å²) in [5.41, 5.74) is 2.21. The predicted molar refractivity (Wildman–Crippen MR) is 123 cm³/mol. The van der Waals surface area contributed by atoms with Crippen LogP contribution in [0.5, 0.6) is 11.5 Å². The van der Waals surface area contributed by atoms with Crippen LogP contribution in [-0.2, 0) is 0 Å². The van der Waals surface area contributed by atoms with Gasteiger partial charge in [-0.3, -0.25) is 9.20 Å². The molecule has 0 N–H and O–H groups in total. The molecule has 5 aromatic rings. The quantitative estimate of drug-likeness (QED) is 0.389. The van der Waals surface area contributed by atoms with E-state index >= 15 is 0 Å². The molecule has 0 saturated heterocycles. The second-order valence-electron chi connectivity index (χ2n) is 7.28. The lowest BCUT2D eigenvalue weighted by Crippen LogP contribution is -2.30. The molecule has 32 heavy (non-hydrogen) atoms. The van der Waals surface area contributed by atoms with Crippen molar-refractivity contribution >= 4 is 27.8 Å². The number of aromatic nitrogens is 4. The third-order valence-corrected chi connectivity index (χ3v) is 5.85. The fourth-order valence-electron chi connectivity index (χ4n) is 3.83. The molecule has 0 saturated carbocycles. The van der Waals surface area contributed by atoms with Gasteiger partial charge in [0, 0.05) is 10.0 Å². The van der Waals surface area contributed by atoms with Gasteiger partial charge in [-0.15, -0.1) is 10.2 Å². The molecule has 0 unspecified atom stereocenters. The monoisotopic (exact) mass is 486 g/mol. The molecular weight excluding hydrogens is 472 g/mol. The second-order valence-corrected chi connectivity index (χ2v) is 8.20. The number of hydrogen-bond acceptors (Lipinski definition) is 5. The maximum Gasteiger partial charge on any atom is 0.282 e. The average Bonchev–Trinajstić information content (AvgIpc) is 3.51. The molecule has 8 heteroatoms. The van der Waals surface area contributed by atoms with Crippen LogP contribution in [0.15, 0.2) is 82.1 Å². The van der Waals surface area contributed by atoms with Crippen molar-refractivity contribution in [1.82, 2.24) is 19.2 Å². The minimum absolute atomic E-state index is 0.183. The molecule has 3 heterocycles. The highest BCUT2D eigenvalue weighted by Crippen LogP contribution is 2.32. The van der Waals surface area contributed by atoms with Crippen molar-refractivity contribution in [2.24, 2.45) is 0 Å². The smallest absolute Gasteiger partial charge is 0.282 e. The first kappa shape index (κ1) is 18.8. The summed E-state index contributed by atoms with van der Waals surface area (Å²) >= 11 is 3.46. The number of rotatable bonds is 3. The molecule has 0 fully saturated rings. The lowest BCUT2D eigenvalue weighted by molar-refractivity contribution is 0.174. The molecular formula is C24H15BrN4O3. The first-order valence-corrected chi connectivity index (χ1v) is 10.7. The standard InChI is InChI=1S/C24H15BrN4O3/c25-17-9-7-16(8-10-17)22-26-27-24-28(18-4-2-1-3-5-18)23(30)19(29(22)24)12-15-6-11-20-21(13-15)32-14-31-20/h1-13H,14H2. The number of fused-ring (bicyclic) bond motifs is 2. The van der Waals surface area contributed by atoms with Crippen molar-refractivity contribution < 1.29 is 9.47 Å². The summed E-state index contributed by atoms with van der Waals surface area (Å²) < 4.78 is 15.2. The van der Waals surface area contributed by atoms with E-state index in [1.807, 2.05) is 78.9 Å². The van der Waals surface area contributed by atoms with Crippen molar-refractivity contribution in [2.45, 2.75) is 0 Å². The van der Waals surface area contributed by atoms with E-state index in [1.54, 1.807) is 8.97 Å². The summed E-state index contributed by atoms with van der Waals surface area (Å²) in [6, 6.07) is 22.8. The average molecular weight is 487 g/mol. The molecule has 3 aromatic carbocycles. The summed E-state index contributed by atoms with van der Waals surface area (Å²) in [4.78, 5) is 13.6. The first-order valence-electron chi connectivity index (χ1n) is 9.91. The van der Waals surface area contributed by atoms with E-state index in [0.717, 1.165) is 21.3 Å². The predicted octanol–water partition coefficient (Wildman–Crippen LogP) is 3.59. The van der Waals surface area contributed by atoms with Crippen molar-refractivity contribution in [2.75, 3.05) is 6.79 Å². The van der Waals surface area contributed by atoms with E-state index in [0.29, 0.717) is 28.5 Å². The van der Waals surface area contributed by atoms with Gasteiger partial charge in [0.05, 0.1) is 5.69 Å². The van der Waals surface area contributed by atoms with E-state index in [-0.39, 0.29) is 12.4 Å². The van der Waals surface area contributed by atoms with Crippen LogP contribution in [0.4, 0.5) is 0 Å². The van der Waals surface area contributed by atoms with Crippen LogP contribution in [0, 0.1) is 0 Å². The second kappa shape index (κ2) is 7.35. The highest BCUT2D eigenvalue weighted by molar-refractivity contribution is 9.10. The van der Waals surface area contributed by atoms with Gasteiger partial charge in [-0.1, -0.05) is 52.3 Å². The molecule has 1 aliphatic rings. The summed E-state index contributed by atoms with van der Waals surface area (Å²) in [6.07, 6.45) is 1.82. The Balaban J connectivity index is 1.66. The topological polar surface area (TPSA) is 70.7 Å². The van der Waals surface area contributed by atoms with Gasteiger partial charge in [-0.05, 0) is 48.0 Å². The van der Waals surface area contributed by atoms with Crippen molar-refractivity contribution in [1.29, 1.82) is 0 Å². The summed E-state index contributed by atoms with van der Waals surface area (Å²) in [5, 5.41) is 9.24. The molecule has 6 rings (SSSR count). The number of ether oxygens (including phenoxy) is 2. The van der Waals surface area contributed by atoms with Gasteiger partial charge in [-0.25, -0.2) is 4.57 Å². The third-order valence-electron chi connectivity index (χ3n) is 5.33. The minimum atomic E-state index is -0.183. The molecule has 0 spiro atoms. The van der Waals surface area contributed by atoms with Gasteiger partial charge in [0.2, 0.25) is 12.6 Å². The summed E-state index contributed by atoms with van der Waals surface area (Å²) in [5.74, 6) is 2.38. The van der Waals surface area contributed by atoms with E-state index in [1.165, 1.54) is 0 Å². The highest BCUT2D eigenvalue weighted by atomic mass is 79.9. The van der Waals surface area contributed by atoms with Crippen LogP contribution in [-0.4, -0.2) is 26.0 Å². The maximum atomic E-state index is 13.6. The SMILES string of the molecule is O=c1c(=Cc2ccc3c(c2)OCO3)n2c(-c3ccc(Br)cc3)nnc2n1-c1ccccc1. The van der Waals surface area contributed by atoms with E-state index in [2.05, 4.69) is 26.1 Å². The first-order chi connectivity index (χ1) is 15.7. The Labute approximate surface area is 190 Å². The highest BCUT2D eigenvalue weighted by Gasteiger charge is 2.20. The molecule has 0 amide bonds. The number of benzene rings is 3. The maximum absolute atomic E-state index is 13.6. The van der Waals surface area contributed by atoms with Gasteiger partial charge >= 0.3 is 0 Å². The number of hydrogen-bond donors (Lipinski definition) is 0. The van der Waals surface area contributed by atoms with E-state index < -0.39 is 0 Å². The van der Waals surface area contributed by atoms with Crippen LogP contribution >= 0.6 is 15.9 Å². The Kier molecular flexibility index (Phi) is 4.32. The zero-order valence-corrected chi connectivity index (χ0v) is 18.2. The molecule has 0 radical (unpaired) electrons. The van der Waals surface area contributed by atoms with Crippen LogP contribution < -0.4 is 20.4 Å². The Hall–Kier alpha value is -3.91. The lowest BCUT2D eigenvalue weighted by atomic mass is 10.2. The van der Waals surface area contributed by atoms with Crippen molar-refractivity contribution in [3.63, 3.8) is 0 Å². The van der Waals surface area contributed by atoms with Gasteiger partial charge in [0.15, 0.2) is 17.3 Å². The molecule has 7 nitrogen and oxygen atoms in total. The number of nitrogens with zero attached hydrogens (tertiary/aromatic N) is 4. The van der Waals surface area contributed by atoms with Gasteiger partial charge in [0.1, 0.15) is 5.35 Å². The Morgan fingerprint density at radius 3 is 2.50 bits per heavy atom. The Bertz CT molecular complexity index is 1570. The summed E-state index contributed by atoms with van der Waals surface area (Å²) in [7, 11) is 0. The van der Waals surface area contributed by atoms with Gasteiger partial charge in [-0.2, -0.15) is 0 Å². The molecule has 2 aromatic heterocycles. The van der Waals surface area contributed by atoms with Crippen LogP contribution in [0.25, 0.3) is 28.9 Å². The molecule has 0 bridgehead atoms. The fraction of sp³-hybridized carbons (Fsp3) is 0.0417. The molecule has 1 aliphatic heterocycles. The van der Waals surface area contributed by atoms with Crippen molar-refractivity contribution in [3.8, 4) is 28.6 Å². The van der Waals surface area contributed by atoms with E-state index in [4.69, 9.17) is 9.47 Å². The van der Waals surface area contributed by atoms with E-state index in [9.17, 15) is 4.79 Å².